The minimum atomic E-state index is -2.96. The minimum absolute atomic E-state index is 0.0240. The van der Waals surface area contributed by atoms with Crippen molar-refractivity contribution in [3.8, 4) is 11.5 Å². The van der Waals surface area contributed by atoms with Gasteiger partial charge in [-0.1, -0.05) is 23.9 Å². The molecule has 0 fully saturated rings. The zero-order chi connectivity index (χ0) is 24.9. The molecule has 1 aliphatic rings. The van der Waals surface area contributed by atoms with Crippen LogP contribution in [-0.4, -0.2) is 39.7 Å². The third-order valence-electron chi connectivity index (χ3n) is 4.62. The summed E-state index contributed by atoms with van der Waals surface area (Å²) in [4.78, 5) is 31.0. The third kappa shape index (κ3) is 5.81. The molecule has 0 saturated carbocycles. The summed E-state index contributed by atoms with van der Waals surface area (Å²) in [7, 11) is 1.56. The van der Waals surface area contributed by atoms with E-state index in [9.17, 15) is 13.6 Å². The molecular formula is C22H19F2N7O3S. The molecule has 10 nitrogen and oxygen atoms in total. The van der Waals surface area contributed by atoms with Crippen molar-refractivity contribution in [3.05, 3.63) is 65.6 Å². The van der Waals surface area contributed by atoms with Crippen LogP contribution in [0.15, 0.2) is 59.2 Å². The van der Waals surface area contributed by atoms with E-state index >= 15 is 0 Å². The number of thioether (sulfide) groups is 1. The van der Waals surface area contributed by atoms with Crippen molar-refractivity contribution in [1.82, 2.24) is 15.0 Å². The van der Waals surface area contributed by atoms with Gasteiger partial charge >= 0.3 is 6.61 Å². The van der Waals surface area contributed by atoms with Gasteiger partial charge in [0.2, 0.25) is 11.9 Å². The number of benzene rings is 2. The average Bonchev–Trinajstić information content (AvgIpc) is 3.12. The number of carbonyl (C=O) groups is 1. The molecule has 0 unspecified atom stereocenters. The number of alkyl halides is 2. The quantitative estimate of drug-likeness (QED) is 0.468. The van der Waals surface area contributed by atoms with Gasteiger partial charge in [-0.25, -0.2) is 4.99 Å². The number of carbonyl (C=O) groups excluding carboxylic acids is 1. The molecule has 4 rings (SSSR count). The molecule has 0 aliphatic carbocycles. The number of nitrogens with zero attached hydrogens (tertiary/aromatic N) is 5. The number of rotatable bonds is 7. The second-order valence-corrected chi connectivity index (χ2v) is 7.91. The number of amides is 1. The molecular weight excluding hydrogens is 480 g/mol. The summed E-state index contributed by atoms with van der Waals surface area (Å²) in [6.07, 6.45) is 1.63. The normalized spacial score (nSPS) is 14.5. The zero-order valence-electron chi connectivity index (χ0n) is 18.3. The van der Waals surface area contributed by atoms with E-state index in [1.807, 2.05) is 0 Å². The van der Waals surface area contributed by atoms with Crippen LogP contribution in [0.4, 0.5) is 26.4 Å². The second kappa shape index (κ2) is 10.3. The van der Waals surface area contributed by atoms with E-state index in [-0.39, 0.29) is 29.1 Å². The number of nitrogen functional groups attached to an aromatic ring is 2. The van der Waals surface area contributed by atoms with Gasteiger partial charge < -0.3 is 20.9 Å². The van der Waals surface area contributed by atoms with Crippen molar-refractivity contribution in [2.75, 3.05) is 23.5 Å². The van der Waals surface area contributed by atoms with E-state index in [1.165, 1.54) is 40.9 Å². The van der Waals surface area contributed by atoms with Crippen LogP contribution >= 0.6 is 11.8 Å². The maximum atomic E-state index is 13.3. The van der Waals surface area contributed by atoms with Crippen LogP contribution in [0.2, 0.25) is 0 Å². The van der Waals surface area contributed by atoms with Gasteiger partial charge in [0.25, 0.3) is 5.91 Å². The Labute approximate surface area is 202 Å². The molecule has 35 heavy (non-hydrogen) atoms. The van der Waals surface area contributed by atoms with Crippen molar-refractivity contribution in [1.29, 1.82) is 0 Å². The molecule has 0 bridgehead atoms. The van der Waals surface area contributed by atoms with Gasteiger partial charge in [-0.3, -0.25) is 9.69 Å². The van der Waals surface area contributed by atoms with Crippen LogP contribution in [-0.2, 0) is 10.5 Å². The van der Waals surface area contributed by atoms with Crippen LogP contribution in [0.5, 0.6) is 11.5 Å². The predicted octanol–water partition coefficient (Wildman–Crippen LogP) is 3.32. The third-order valence-corrected chi connectivity index (χ3v) is 5.55. The van der Waals surface area contributed by atoms with Gasteiger partial charge in [0.05, 0.1) is 18.6 Å². The number of hydrogen-bond acceptors (Lipinski definition) is 10. The number of nitrogens with two attached hydrogens (primary N) is 2. The first-order valence-corrected chi connectivity index (χ1v) is 11.0. The smallest absolute Gasteiger partial charge is 0.387 e. The fourth-order valence-corrected chi connectivity index (χ4v) is 3.97. The number of amidine groups is 1. The van der Waals surface area contributed by atoms with E-state index in [0.717, 1.165) is 5.56 Å². The second-order valence-electron chi connectivity index (χ2n) is 6.97. The lowest BCUT2D eigenvalue weighted by molar-refractivity contribution is -0.113. The molecule has 1 aliphatic heterocycles. The maximum absolute atomic E-state index is 13.3. The Morgan fingerprint density at radius 1 is 1.00 bits per heavy atom. The molecule has 13 heteroatoms. The summed E-state index contributed by atoms with van der Waals surface area (Å²) in [5.74, 6) is 0.694. The first-order chi connectivity index (χ1) is 16.8. The number of ether oxygens (including phenoxy) is 2. The molecule has 0 atom stereocenters. The highest BCUT2D eigenvalue weighted by Gasteiger charge is 2.32. The Morgan fingerprint density at radius 2 is 1.63 bits per heavy atom. The zero-order valence-corrected chi connectivity index (χ0v) is 19.1. The van der Waals surface area contributed by atoms with E-state index in [4.69, 9.17) is 16.2 Å². The minimum Gasteiger partial charge on any atom is -0.497 e. The SMILES string of the molecule is COc1ccc(C=C2N=C(SCc3nc(N)nc(N)n3)N(c3ccc(OC(F)F)cc3)C2=O)cc1. The molecule has 3 aromatic rings. The van der Waals surface area contributed by atoms with Gasteiger partial charge in [-0.2, -0.15) is 23.7 Å². The van der Waals surface area contributed by atoms with Crippen LogP contribution in [0, 0.1) is 0 Å². The number of anilines is 3. The molecule has 0 spiro atoms. The number of hydrogen-bond donors (Lipinski definition) is 2. The molecule has 2 heterocycles. The highest BCUT2D eigenvalue weighted by molar-refractivity contribution is 8.13. The van der Waals surface area contributed by atoms with Gasteiger partial charge in [0.15, 0.2) is 5.17 Å². The monoisotopic (exact) mass is 499 g/mol. The van der Waals surface area contributed by atoms with E-state index in [1.54, 1.807) is 37.5 Å². The Balaban J connectivity index is 1.64. The fraction of sp³-hybridized carbons (Fsp3) is 0.136. The van der Waals surface area contributed by atoms with Crippen molar-refractivity contribution in [2.24, 2.45) is 4.99 Å². The Kier molecular flexibility index (Phi) is 7.06. The highest BCUT2D eigenvalue weighted by atomic mass is 32.2. The molecule has 0 radical (unpaired) electrons. The molecule has 0 saturated heterocycles. The van der Waals surface area contributed by atoms with E-state index in [2.05, 4.69) is 24.7 Å². The Bertz CT molecular complexity index is 1260. The lowest BCUT2D eigenvalue weighted by Crippen LogP contribution is -2.30. The van der Waals surface area contributed by atoms with Crippen molar-refractivity contribution in [2.45, 2.75) is 12.4 Å². The molecule has 1 aromatic heterocycles. The first-order valence-electron chi connectivity index (χ1n) is 10.0. The lowest BCUT2D eigenvalue weighted by atomic mass is 10.2. The van der Waals surface area contributed by atoms with Gasteiger partial charge in [0.1, 0.15) is 23.0 Å². The average molecular weight is 500 g/mol. The number of methoxy groups -OCH3 is 1. The Morgan fingerprint density at radius 3 is 2.23 bits per heavy atom. The Hall–Kier alpha value is -4.26. The number of aliphatic imine (C=N–C) groups is 1. The predicted molar refractivity (Wildman–Crippen MR) is 129 cm³/mol. The molecule has 1 amide bonds. The fourth-order valence-electron chi connectivity index (χ4n) is 3.11. The topological polar surface area (TPSA) is 142 Å². The van der Waals surface area contributed by atoms with Gasteiger partial charge in [0, 0.05) is 0 Å². The number of aromatic nitrogens is 3. The van der Waals surface area contributed by atoms with Crippen molar-refractivity contribution >= 4 is 46.5 Å². The van der Waals surface area contributed by atoms with E-state index in [0.29, 0.717) is 22.4 Å². The standard InChI is InChI=1S/C22H19F2N7O3S/c1-33-14-6-2-12(3-7-14)10-16-18(32)31(13-4-8-15(9-5-13)34-19(23)24)22(27-16)35-11-17-28-20(25)30-21(26)29-17/h2-10,19H,11H2,1H3,(H4,25,26,28,29,30). The summed E-state index contributed by atoms with van der Waals surface area (Å²) in [6, 6.07) is 12.8. The summed E-state index contributed by atoms with van der Waals surface area (Å²) in [6.45, 7) is -2.96. The summed E-state index contributed by atoms with van der Waals surface area (Å²) in [5.41, 5.74) is 12.6. The van der Waals surface area contributed by atoms with Crippen LogP contribution in [0.3, 0.4) is 0 Å². The summed E-state index contributed by atoms with van der Waals surface area (Å²) >= 11 is 1.18. The highest BCUT2D eigenvalue weighted by Crippen LogP contribution is 2.32. The molecule has 4 N–H and O–H groups in total. The van der Waals surface area contributed by atoms with Crippen LogP contribution in [0.1, 0.15) is 11.4 Å². The van der Waals surface area contributed by atoms with Crippen molar-refractivity contribution < 1.29 is 23.0 Å². The summed E-state index contributed by atoms with van der Waals surface area (Å²) < 4.78 is 34.6. The maximum Gasteiger partial charge on any atom is 0.387 e. The first kappa shape index (κ1) is 23.9. The van der Waals surface area contributed by atoms with Gasteiger partial charge in [-0.05, 0) is 48.0 Å². The number of halogens is 2. The van der Waals surface area contributed by atoms with Crippen molar-refractivity contribution in [3.63, 3.8) is 0 Å². The molecule has 180 valence electrons. The van der Waals surface area contributed by atoms with Crippen LogP contribution < -0.4 is 25.8 Å². The lowest BCUT2D eigenvalue weighted by Gasteiger charge is -2.18. The molecule has 2 aromatic carbocycles. The van der Waals surface area contributed by atoms with Gasteiger partial charge in [-0.15, -0.1) is 0 Å². The summed E-state index contributed by atoms with van der Waals surface area (Å²) in [5, 5.41) is 0.329. The largest absolute Gasteiger partial charge is 0.497 e. The van der Waals surface area contributed by atoms with E-state index < -0.39 is 12.5 Å². The van der Waals surface area contributed by atoms with Crippen LogP contribution in [0.25, 0.3) is 6.08 Å².